The number of nitrogens with zero attached hydrogens (tertiary/aromatic N) is 4. The van der Waals surface area contributed by atoms with Crippen LogP contribution >= 0.6 is 0 Å². The van der Waals surface area contributed by atoms with E-state index in [2.05, 4.69) is 15.0 Å². The number of anilines is 1. The Morgan fingerprint density at radius 3 is 2.20 bits per heavy atom. The third-order valence-electron chi connectivity index (χ3n) is 2.66. The van der Waals surface area contributed by atoms with Crippen molar-refractivity contribution in [3.05, 3.63) is 40.2 Å². The molecule has 2 rings (SSSR count). The first-order valence-corrected chi connectivity index (χ1v) is 6.04. The molecule has 0 saturated carbocycles. The smallest absolute Gasteiger partial charge is 0.269 e. The van der Waals surface area contributed by atoms with E-state index in [1.807, 2.05) is 20.8 Å². The molecule has 1 heterocycles. The molecule has 1 aromatic carbocycles. The molecule has 20 heavy (non-hydrogen) atoms. The van der Waals surface area contributed by atoms with Gasteiger partial charge in [-0.2, -0.15) is 9.97 Å². The molecule has 0 aliphatic rings. The summed E-state index contributed by atoms with van der Waals surface area (Å²) in [7, 11) is 0. The lowest BCUT2D eigenvalue weighted by Crippen LogP contribution is -2.18. The molecule has 0 spiro atoms. The molecule has 2 aromatic rings. The molecule has 0 unspecified atom stereocenters. The van der Waals surface area contributed by atoms with E-state index < -0.39 is 4.92 Å². The van der Waals surface area contributed by atoms with Gasteiger partial charge in [0.05, 0.1) is 4.92 Å². The first kappa shape index (κ1) is 13.9. The van der Waals surface area contributed by atoms with Crippen LogP contribution in [-0.4, -0.2) is 19.9 Å². The van der Waals surface area contributed by atoms with E-state index in [0.29, 0.717) is 17.2 Å². The van der Waals surface area contributed by atoms with Crippen molar-refractivity contribution in [2.24, 2.45) is 0 Å². The van der Waals surface area contributed by atoms with Crippen LogP contribution in [0.3, 0.4) is 0 Å². The van der Waals surface area contributed by atoms with E-state index in [1.165, 1.54) is 12.1 Å². The second-order valence-electron chi connectivity index (χ2n) is 5.39. The van der Waals surface area contributed by atoms with E-state index in [1.54, 1.807) is 12.1 Å². The number of benzene rings is 1. The number of hydrogen-bond donors (Lipinski definition) is 1. The minimum Gasteiger partial charge on any atom is -0.368 e. The first-order valence-electron chi connectivity index (χ1n) is 6.04. The molecule has 7 nitrogen and oxygen atoms in total. The highest BCUT2D eigenvalue weighted by atomic mass is 16.6. The van der Waals surface area contributed by atoms with Gasteiger partial charge in [0, 0.05) is 23.1 Å². The Balaban J connectivity index is 2.47. The van der Waals surface area contributed by atoms with Crippen molar-refractivity contribution in [3.63, 3.8) is 0 Å². The van der Waals surface area contributed by atoms with Gasteiger partial charge in [-0.25, -0.2) is 4.98 Å². The number of hydrogen-bond acceptors (Lipinski definition) is 6. The number of nitro benzene ring substituents is 1. The molecule has 0 aliphatic heterocycles. The van der Waals surface area contributed by atoms with Crippen LogP contribution in [0.1, 0.15) is 26.6 Å². The predicted octanol–water partition coefficient (Wildman–Crippen LogP) is 2.33. The van der Waals surface area contributed by atoms with Crippen molar-refractivity contribution < 1.29 is 4.92 Å². The van der Waals surface area contributed by atoms with Gasteiger partial charge in [0.25, 0.3) is 5.69 Å². The number of nitro groups is 1. The summed E-state index contributed by atoms with van der Waals surface area (Å²) in [5.41, 5.74) is 6.13. The second-order valence-corrected chi connectivity index (χ2v) is 5.39. The Hall–Kier alpha value is -2.57. The highest BCUT2D eigenvalue weighted by Gasteiger charge is 2.20. The highest BCUT2D eigenvalue weighted by Crippen LogP contribution is 2.23. The summed E-state index contributed by atoms with van der Waals surface area (Å²) >= 11 is 0. The molecule has 1 aromatic heterocycles. The van der Waals surface area contributed by atoms with Gasteiger partial charge in [-0.15, -0.1) is 0 Å². The molecule has 7 heteroatoms. The van der Waals surface area contributed by atoms with Gasteiger partial charge in [0.2, 0.25) is 5.95 Å². The van der Waals surface area contributed by atoms with Crippen LogP contribution in [0.4, 0.5) is 11.6 Å². The van der Waals surface area contributed by atoms with E-state index in [0.717, 1.165) is 0 Å². The maximum Gasteiger partial charge on any atom is 0.269 e. The summed E-state index contributed by atoms with van der Waals surface area (Å²) in [5, 5.41) is 10.6. The Morgan fingerprint density at radius 1 is 1.10 bits per heavy atom. The first-order chi connectivity index (χ1) is 9.27. The van der Waals surface area contributed by atoms with Gasteiger partial charge in [0.1, 0.15) is 5.82 Å². The Labute approximate surface area is 116 Å². The maximum atomic E-state index is 10.6. The summed E-state index contributed by atoms with van der Waals surface area (Å²) in [5.74, 6) is 1.13. The zero-order valence-electron chi connectivity index (χ0n) is 11.5. The fourth-order valence-electron chi connectivity index (χ4n) is 1.59. The van der Waals surface area contributed by atoms with Crippen LogP contribution in [0.15, 0.2) is 24.3 Å². The monoisotopic (exact) mass is 273 g/mol. The third-order valence-corrected chi connectivity index (χ3v) is 2.66. The van der Waals surface area contributed by atoms with Crippen LogP contribution < -0.4 is 5.73 Å². The van der Waals surface area contributed by atoms with E-state index in [9.17, 15) is 10.1 Å². The van der Waals surface area contributed by atoms with E-state index in [4.69, 9.17) is 5.73 Å². The molecule has 0 amide bonds. The van der Waals surface area contributed by atoms with Gasteiger partial charge in [-0.3, -0.25) is 10.1 Å². The quantitative estimate of drug-likeness (QED) is 0.664. The second kappa shape index (κ2) is 4.84. The number of aromatic nitrogens is 3. The molecule has 2 N–H and O–H groups in total. The predicted molar refractivity (Wildman–Crippen MR) is 75.0 cm³/mol. The van der Waals surface area contributed by atoms with Gasteiger partial charge in [0.15, 0.2) is 5.82 Å². The zero-order chi connectivity index (χ0) is 14.9. The number of nitrogen functional groups attached to an aromatic ring is 1. The number of rotatable bonds is 2. The van der Waals surface area contributed by atoms with E-state index >= 15 is 0 Å². The summed E-state index contributed by atoms with van der Waals surface area (Å²) in [6.07, 6.45) is 0. The Kier molecular flexibility index (Phi) is 3.35. The van der Waals surface area contributed by atoms with Crippen molar-refractivity contribution in [1.29, 1.82) is 0 Å². The average molecular weight is 273 g/mol. The largest absolute Gasteiger partial charge is 0.368 e. The normalized spacial score (nSPS) is 11.3. The lowest BCUT2D eigenvalue weighted by Gasteiger charge is -2.17. The number of non-ortho nitro benzene ring substituents is 1. The minimum atomic E-state index is -0.452. The molecule has 0 bridgehead atoms. The summed E-state index contributed by atoms with van der Waals surface area (Å²) in [6.45, 7) is 5.92. The average Bonchev–Trinajstić information content (AvgIpc) is 2.37. The van der Waals surface area contributed by atoms with E-state index in [-0.39, 0.29) is 17.1 Å². The Bertz CT molecular complexity index is 647. The van der Waals surface area contributed by atoms with Crippen LogP contribution in [0.5, 0.6) is 0 Å². The molecule has 104 valence electrons. The van der Waals surface area contributed by atoms with Crippen molar-refractivity contribution in [2.45, 2.75) is 26.2 Å². The zero-order valence-corrected chi connectivity index (χ0v) is 11.5. The number of nitrogens with two attached hydrogens (primary N) is 1. The lowest BCUT2D eigenvalue weighted by molar-refractivity contribution is -0.384. The molecular weight excluding hydrogens is 258 g/mol. The van der Waals surface area contributed by atoms with Crippen LogP contribution in [0.2, 0.25) is 0 Å². The van der Waals surface area contributed by atoms with Crippen molar-refractivity contribution >= 4 is 11.6 Å². The Morgan fingerprint density at radius 2 is 1.70 bits per heavy atom. The van der Waals surface area contributed by atoms with Gasteiger partial charge < -0.3 is 5.73 Å². The SMILES string of the molecule is CC(C)(C)c1nc(N)nc(-c2ccc([N+](=O)[O-])cc2)n1. The fraction of sp³-hybridized carbons (Fsp3) is 0.308. The summed E-state index contributed by atoms with van der Waals surface area (Å²) in [6, 6.07) is 6.01. The molecule has 0 fully saturated rings. The van der Waals surface area contributed by atoms with Gasteiger partial charge >= 0.3 is 0 Å². The topological polar surface area (TPSA) is 108 Å². The standard InChI is InChI=1S/C13H15N5O2/c1-13(2,3)11-15-10(16-12(14)17-11)8-4-6-9(7-5-8)18(19)20/h4-7H,1-3H3,(H2,14,15,16,17). The fourth-order valence-corrected chi connectivity index (χ4v) is 1.59. The van der Waals surface area contributed by atoms with Crippen molar-refractivity contribution in [2.75, 3.05) is 5.73 Å². The summed E-state index contributed by atoms with van der Waals surface area (Å²) < 4.78 is 0. The van der Waals surface area contributed by atoms with Crippen molar-refractivity contribution in [1.82, 2.24) is 15.0 Å². The third kappa shape index (κ3) is 2.87. The van der Waals surface area contributed by atoms with Crippen LogP contribution in [-0.2, 0) is 5.41 Å². The molecule has 0 saturated heterocycles. The van der Waals surface area contributed by atoms with Crippen LogP contribution in [0.25, 0.3) is 11.4 Å². The minimum absolute atomic E-state index is 0.0202. The molecule has 0 atom stereocenters. The lowest BCUT2D eigenvalue weighted by atomic mass is 9.96. The van der Waals surface area contributed by atoms with Crippen molar-refractivity contribution in [3.8, 4) is 11.4 Å². The van der Waals surface area contributed by atoms with Gasteiger partial charge in [-0.05, 0) is 12.1 Å². The molecular formula is C13H15N5O2. The highest BCUT2D eigenvalue weighted by molar-refractivity contribution is 5.58. The van der Waals surface area contributed by atoms with Crippen LogP contribution in [0, 0.1) is 10.1 Å². The maximum absolute atomic E-state index is 10.6. The molecule has 0 aliphatic carbocycles. The molecule has 0 radical (unpaired) electrons. The summed E-state index contributed by atoms with van der Waals surface area (Å²) in [4.78, 5) is 22.8. The van der Waals surface area contributed by atoms with Gasteiger partial charge in [-0.1, -0.05) is 20.8 Å².